The zero-order valence-electron chi connectivity index (χ0n) is 15.7. The van der Waals surface area contributed by atoms with Gasteiger partial charge in [0.05, 0.1) is 31.2 Å². The number of aliphatic imine (C=N–C) groups is 1. The van der Waals surface area contributed by atoms with E-state index < -0.39 is 0 Å². The first-order valence-corrected chi connectivity index (χ1v) is 9.52. The molecule has 0 bridgehead atoms. The smallest absolute Gasteiger partial charge is 0.134 e. The Hall–Kier alpha value is -2.03. The SMILES string of the molecule is CN=C1Nc2cc(C#CCN3CCCCC3)c(OC)cc2C12CCOC2. The number of piperidine rings is 1. The predicted molar refractivity (Wildman–Crippen MR) is 104 cm³/mol. The van der Waals surface area contributed by atoms with Gasteiger partial charge in [0.1, 0.15) is 11.6 Å². The minimum absolute atomic E-state index is 0.156. The summed E-state index contributed by atoms with van der Waals surface area (Å²) in [4.78, 5) is 6.92. The molecule has 1 unspecified atom stereocenters. The summed E-state index contributed by atoms with van der Waals surface area (Å²) in [5.41, 5.74) is 3.08. The lowest BCUT2D eigenvalue weighted by Gasteiger charge is -2.23. The van der Waals surface area contributed by atoms with E-state index in [1.54, 1.807) is 7.11 Å². The second kappa shape index (κ2) is 7.30. The van der Waals surface area contributed by atoms with Crippen molar-refractivity contribution in [3.63, 3.8) is 0 Å². The molecule has 0 aromatic heterocycles. The molecule has 3 aliphatic rings. The number of fused-ring (bicyclic) bond motifs is 2. The molecule has 3 aliphatic heterocycles. The van der Waals surface area contributed by atoms with Crippen LogP contribution in [0.5, 0.6) is 5.75 Å². The van der Waals surface area contributed by atoms with Crippen molar-refractivity contribution in [2.75, 3.05) is 52.3 Å². The number of nitrogens with one attached hydrogen (secondary N) is 1. The number of likely N-dealkylation sites (tertiary alicyclic amines) is 1. The van der Waals surface area contributed by atoms with Gasteiger partial charge in [0, 0.05) is 19.3 Å². The largest absolute Gasteiger partial charge is 0.495 e. The lowest BCUT2D eigenvalue weighted by Crippen LogP contribution is -2.35. The zero-order valence-corrected chi connectivity index (χ0v) is 15.7. The number of anilines is 1. The fraction of sp³-hybridized carbons (Fsp3) is 0.571. The van der Waals surface area contributed by atoms with Gasteiger partial charge in [-0.25, -0.2) is 0 Å². The van der Waals surface area contributed by atoms with Crippen molar-refractivity contribution in [1.82, 2.24) is 4.90 Å². The number of rotatable bonds is 2. The summed E-state index contributed by atoms with van der Waals surface area (Å²) in [5.74, 6) is 8.49. The number of ether oxygens (including phenoxy) is 2. The van der Waals surface area contributed by atoms with Crippen molar-refractivity contribution >= 4 is 11.5 Å². The molecule has 26 heavy (non-hydrogen) atoms. The van der Waals surface area contributed by atoms with Crippen molar-refractivity contribution < 1.29 is 9.47 Å². The molecule has 4 rings (SSSR count). The highest BCUT2D eigenvalue weighted by Crippen LogP contribution is 2.46. The molecule has 1 atom stereocenters. The maximum atomic E-state index is 5.71. The summed E-state index contributed by atoms with van der Waals surface area (Å²) >= 11 is 0. The lowest BCUT2D eigenvalue weighted by molar-refractivity contribution is 0.188. The van der Waals surface area contributed by atoms with Crippen LogP contribution in [0.25, 0.3) is 0 Å². The van der Waals surface area contributed by atoms with Gasteiger partial charge in [0.2, 0.25) is 0 Å². The van der Waals surface area contributed by atoms with Crippen LogP contribution in [0.15, 0.2) is 17.1 Å². The summed E-state index contributed by atoms with van der Waals surface area (Å²) in [6.45, 7) is 4.59. The van der Waals surface area contributed by atoms with E-state index in [2.05, 4.69) is 39.2 Å². The summed E-state index contributed by atoms with van der Waals surface area (Å²) in [5, 5.41) is 3.48. The first-order chi connectivity index (χ1) is 12.8. The van der Waals surface area contributed by atoms with Crippen molar-refractivity contribution in [3.8, 4) is 17.6 Å². The van der Waals surface area contributed by atoms with Gasteiger partial charge in [-0.3, -0.25) is 9.89 Å². The monoisotopic (exact) mass is 353 g/mol. The minimum atomic E-state index is -0.156. The highest BCUT2D eigenvalue weighted by atomic mass is 16.5. The maximum absolute atomic E-state index is 5.71. The van der Waals surface area contributed by atoms with Crippen LogP contribution < -0.4 is 10.1 Å². The third-order valence-corrected chi connectivity index (χ3v) is 5.78. The first-order valence-electron chi connectivity index (χ1n) is 9.52. The molecule has 5 nitrogen and oxygen atoms in total. The highest BCUT2D eigenvalue weighted by molar-refractivity contribution is 6.10. The summed E-state index contributed by atoms with van der Waals surface area (Å²) < 4.78 is 11.4. The Balaban J connectivity index is 1.62. The Bertz CT molecular complexity index is 763. The molecule has 2 saturated heterocycles. The van der Waals surface area contributed by atoms with Gasteiger partial charge in [-0.2, -0.15) is 0 Å². The topological polar surface area (TPSA) is 46.1 Å². The Morgan fingerprint density at radius 1 is 1.31 bits per heavy atom. The fourth-order valence-electron chi connectivity index (χ4n) is 4.32. The van der Waals surface area contributed by atoms with E-state index in [0.29, 0.717) is 6.61 Å². The molecule has 0 radical (unpaired) electrons. The Morgan fingerprint density at radius 2 is 2.15 bits per heavy atom. The van der Waals surface area contributed by atoms with E-state index in [0.717, 1.165) is 55.5 Å². The molecule has 0 saturated carbocycles. The van der Waals surface area contributed by atoms with Crippen molar-refractivity contribution in [2.24, 2.45) is 4.99 Å². The van der Waals surface area contributed by atoms with Crippen molar-refractivity contribution in [2.45, 2.75) is 31.1 Å². The number of hydrogen-bond donors (Lipinski definition) is 1. The van der Waals surface area contributed by atoms with Gasteiger partial charge >= 0.3 is 0 Å². The Morgan fingerprint density at radius 3 is 2.85 bits per heavy atom. The second-order valence-corrected chi connectivity index (χ2v) is 7.32. The molecule has 1 N–H and O–H groups in total. The standard InChI is InChI=1S/C21H27N3O2/c1-22-20-21(8-12-26-15-21)17-14-19(25-2)16(13-18(17)23-20)7-6-11-24-9-4-3-5-10-24/h13-14H,3-5,8-12,15H2,1-2H3,(H,22,23). The number of nitrogens with zero attached hydrogens (tertiary/aromatic N) is 2. The molecule has 3 heterocycles. The third-order valence-electron chi connectivity index (χ3n) is 5.78. The van der Waals surface area contributed by atoms with Crippen LogP contribution in [0.1, 0.15) is 36.8 Å². The van der Waals surface area contributed by atoms with Gasteiger partial charge in [0.15, 0.2) is 0 Å². The van der Waals surface area contributed by atoms with Crippen LogP contribution in [-0.2, 0) is 10.2 Å². The van der Waals surface area contributed by atoms with Crippen LogP contribution >= 0.6 is 0 Å². The molecule has 5 heteroatoms. The number of methoxy groups -OCH3 is 1. The van der Waals surface area contributed by atoms with Gasteiger partial charge in [0.25, 0.3) is 0 Å². The average molecular weight is 353 g/mol. The van der Waals surface area contributed by atoms with Crippen molar-refractivity contribution in [1.29, 1.82) is 0 Å². The number of benzene rings is 1. The molecular weight excluding hydrogens is 326 g/mol. The lowest BCUT2D eigenvalue weighted by atomic mass is 9.80. The van der Waals surface area contributed by atoms with Gasteiger partial charge in [-0.05, 0) is 50.0 Å². The number of hydrogen-bond acceptors (Lipinski definition) is 4. The molecule has 0 aliphatic carbocycles. The molecule has 0 amide bonds. The quantitative estimate of drug-likeness (QED) is 0.831. The van der Waals surface area contributed by atoms with Gasteiger partial charge in [-0.1, -0.05) is 18.3 Å². The van der Waals surface area contributed by atoms with E-state index in [1.165, 1.54) is 24.8 Å². The molecule has 1 spiro atoms. The molecular formula is C21H27N3O2. The molecule has 1 aromatic rings. The Labute approximate surface area is 155 Å². The predicted octanol–water partition coefficient (Wildman–Crippen LogP) is 2.64. The van der Waals surface area contributed by atoms with Gasteiger partial charge in [-0.15, -0.1) is 0 Å². The number of amidine groups is 1. The highest BCUT2D eigenvalue weighted by Gasteiger charge is 2.48. The Kier molecular flexibility index (Phi) is 4.88. The van der Waals surface area contributed by atoms with Crippen molar-refractivity contribution in [3.05, 3.63) is 23.3 Å². The molecule has 1 aromatic carbocycles. The van der Waals surface area contributed by atoms with Crippen LogP contribution in [0.2, 0.25) is 0 Å². The second-order valence-electron chi connectivity index (χ2n) is 7.32. The van der Waals surface area contributed by atoms with Crippen LogP contribution in [0.4, 0.5) is 5.69 Å². The van der Waals surface area contributed by atoms with Gasteiger partial charge < -0.3 is 14.8 Å². The molecule has 138 valence electrons. The average Bonchev–Trinajstić information content (AvgIpc) is 3.28. The summed E-state index contributed by atoms with van der Waals surface area (Å²) in [6, 6.07) is 4.23. The van der Waals surface area contributed by atoms with E-state index in [1.807, 2.05) is 7.05 Å². The normalized spacial score (nSPS) is 26.5. The minimum Gasteiger partial charge on any atom is -0.495 e. The summed E-state index contributed by atoms with van der Waals surface area (Å²) in [6.07, 6.45) is 4.87. The zero-order chi connectivity index (χ0) is 18.0. The molecule has 2 fully saturated rings. The van der Waals surface area contributed by atoms with Crippen LogP contribution in [0, 0.1) is 11.8 Å². The third kappa shape index (κ3) is 2.98. The van der Waals surface area contributed by atoms with Crippen LogP contribution in [0.3, 0.4) is 0 Å². The summed E-state index contributed by atoms with van der Waals surface area (Å²) in [7, 11) is 3.55. The first kappa shape index (κ1) is 17.4. The van der Waals surface area contributed by atoms with Crippen LogP contribution in [-0.4, -0.2) is 57.7 Å². The van der Waals surface area contributed by atoms with E-state index in [-0.39, 0.29) is 5.41 Å². The van der Waals surface area contributed by atoms with E-state index >= 15 is 0 Å². The van der Waals surface area contributed by atoms with E-state index in [9.17, 15) is 0 Å². The van der Waals surface area contributed by atoms with E-state index in [4.69, 9.17) is 9.47 Å². The maximum Gasteiger partial charge on any atom is 0.134 e. The fourth-order valence-corrected chi connectivity index (χ4v) is 4.32.